The summed E-state index contributed by atoms with van der Waals surface area (Å²) < 4.78 is 0. The summed E-state index contributed by atoms with van der Waals surface area (Å²) in [4.78, 5) is 0. The van der Waals surface area contributed by atoms with Gasteiger partial charge in [-0.15, -0.1) is 0 Å². The standard InChI is InChI=1S/C18H18O/c1-3-12(2)13-8-9-17-15(10-13)11-14-6-4-5-7-16(14)18(17)19/h4-12,19H,3H2,1-2H3. The topological polar surface area (TPSA) is 20.2 Å². The minimum atomic E-state index is 0.392. The minimum absolute atomic E-state index is 0.392. The molecule has 0 fully saturated rings. The van der Waals surface area contributed by atoms with E-state index in [0.717, 1.165) is 28.0 Å². The molecule has 0 saturated carbocycles. The van der Waals surface area contributed by atoms with E-state index in [9.17, 15) is 5.11 Å². The van der Waals surface area contributed by atoms with Crippen LogP contribution in [0.2, 0.25) is 0 Å². The quantitative estimate of drug-likeness (QED) is 0.619. The van der Waals surface area contributed by atoms with Crippen LogP contribution < -0.4 is 0 Å². The maximum atomic E-state index is 10.4. The molecule has 3 rings (SSSR count). The van der Waals surface area contributed by atoms with Gasteiger partial charge in [0.1, 0.15) is 5.75 Å². The van der Waals surface area contributed by atoms with E-state index in [0.29, 0.717) is 11.7 Å². The lowest BCUT2D eigenvalue weighted by Gasteiger charge is -2.12. The molecule has 1 unspecified atom stereocenters. The Balaban J connectivity index is 2.32. The first-order valence-electron chi connectivity index (χ1n) is 6.85. The zero-order valence-corrected chi connectivity index (χ0v) is 11.4. The number of rotatable bonds is 2. The second-order valence-corrected chi connectivity index (χ2v) is 5.24. The zero-order chi connectivity index (χ0) is 13.4. The predicted octanol–water partition coefficient (Wildman–Crippen LogP) is 5.21. The SMILES string of the molecule is CCC(C)c1ccc2c(O)c3ccccc3cc2c1. The van der Waals surface area contributed by atoms with Crippen molar-refractivity contribution in [3.8, 4) is 5.75 Å². The Kier molecular flexibility index (Phi) is 2.90. The molecule has 0 heterocycles. The summed E-state index contributed by atoms with van der Waals surface area (Å²) in [5.74, 6) is 0.946. The van der Waals surface area contributed by atoms with Crippen LogP contribution >= 0.6 is 0 Å². The molecular weight excluding hydrogens is 232 g/mol. The lowest BCUT2D eigenvalue weighted by molar-refractivity contribution is 0.488. The van der Waals surface area contributed by atoms with Crippen LogP contribution in [0.1, 0.15) is 31.7 Å². The Labute approximate surface area is 113 Å². The maximum absolute atomic E-state index is 10.4. The first-order valence-corrected chi connectivity index (χ1v) is 6.85. The van der Waals surface area contributed by atoms with Crippen LogP contribution in [0.15, 0.2) is 48.5 Å². The lowest BCUT2D eigenvalue weighted by Crippen LogP contribution is -1.91. The maximum Gasteiger partial charge on any atom is 0.131 e. The van der Waals surface area contributed by atoms with Gasteiger partial charge in [-0.05, 0) is 34.7 Å². The summed E-state index contributed by atoms with van der Waals surface area (Å²) in [6.07, 6.45) is 1.13. The molecule has 3 aromatic carbocycles. The van der Waals surface area contributed by atoms with Crippen LogP contribution in [0.3, 0.4) is 0 Å². The summed E-state index contributed by atoms with van der Waals surface area (Å²) in [6.45, 7) is 4.44. The Hall–Kier alpha value is -2.02. The first-order chi connectivity index (χ1) is 9.20. The molecule has 0 radical (unpaired) electrons. The van der Waals surface area contributed by atoms with Crippen LogP contribution in [0.5, 0.6) is 5.75 Å². The van der Waals surface area contributed by atoms with Gasteiger partial charge in [0.05, 0.1) is 0 Å². The van der Waals surface area contributed by atoms with Crippen molar-refractivity contribution in [1.82, 2.24) is 0 Å². The molecule has 0 aliphatic carbocycles. The summed E-state index contributed by atoms with van der Waals surface area (Å²) in [5.41, 5.74) is 1.34. The number of hydrogen-bond acceptors (Lipinski definition) is 1. The molecule has 1 N–H and O–H groups in total. The normalized spacial score (nSPS) is 12.9. The van der Waals surface area contributed by atoms with Gasteiger partial charge in [0, 0.05) is 10.8 Å². The Morgan fingerprint density at radius 2 is 1.68 bits per heavy atom. The molecule has 0 bridgehead atoms. The van der Waals surface area contributed by atoms with Crippen molar-refractivity contribution >= 4 is 21.5 Å². The fourth-order valence-corrected chi connectivity index (χ4v) is 2.61. The van der Waals surface area contributed by atoms with Crippen LogP contribution in [0, 0.1) is 0 Å². The molecule has 0 aliphatic rings. The second-order valence-electron chi connectivity index (χ2n) is 5.24. The van der Waals surface area contributed by atoms with Gasteiger partial charge in [-0.25, -0.2) is 0 Å². The summed E-state index contributed by atoms with van der Waals surface area (Å²) >= 11 is 0. The third-order valence-electron chi connectivity index (χ3n) is 4.04. The van der Waals surface area contributed by atoms with Gasteiger partial charge in [0.2, 0.25) is 0 Å². The molecule has 0 aliphatic heterocycles. The molecule has 0 amide bonds. The van der Waals surface area contributed by atoms with Gasteiger partial charge in [-0.3, -0.25) is 0 Å². The fourth-order valence-electron chi connectivity index (χ4n) is 2.61. The van der Waals surface area contributed by atoms with Gasteiger partial charge >= 0.3 is 0 Å². The monoisotopic (exact) mass is 250 g/mol. The third-order valence-corrected chi connectivity index (χ3v) is 4.04. The van der Waals surface area contributed by atoms with E-state index in [-0.39, 0.29) is 0 Å². The molecule has 1 nitrogen and oxygen atoms in total. The van der Waals surface area contributed by atoms with E-state index in [1.807, 2.05) is 30.3 Å². The molecular formula is C18H18O. The average molecular weight is 250 g/mol. The van der Waals surface area contributed by atoms with Crippen molar-refractivity contribution in [3.63, 3.8) is 0 Å². The van der Waals surface area contributed by atoms with Crippen LogP contribution in [0.25, 0.3) is 21.5 Å². The van der Waals surface area contributed by atoms with E-state index in [4.69, 9.17) is 0 Å². The number of hydrogen-bond donors (Lipinski definition) is 1. The Bertz CT molecular complexity index is 743. The van der Waals surface area contributed by atoms with Gasteiger partial charge in [-0.2, -0.15) is 0 Å². The molecule has 3 aromatic rings. The summed E-state index contributed by atoms with van der Waals surface area (Å²) in [6, 6.07) is 16.5. The first kappa shape index (κ1) is 12.0. The highest BCUT2D eigenvalue weighted by molar-refractivity contribution is 6.05. The van der Waals surface area contributed by atoms with Crippen molar-refractivity contribution in [2.24, 2.45) is 0 Å². The number of phenols is 1. The highest BCUT2D eigenvalue weighted by atomic mass is 16.3. The third kappa shape index (κ3) is 1.95. The molecule has 0 spiro atoms. The number of benzene rings is 3. The smallest absolute Gasteiger partial charge is 0.131 e. The molecule has 1 atom stereocenters. The second kappa shape index (κ2) is 4.58. The van der Waals surface area contributed by atoms with Crippen LogP contribution in [-0.2, 0) is 0 Å². The van der Waals surface area contributed by atoms with E-state index in [1.165, 1.54) is 5.56 Å². The molecule has 96 valence electrons. The highest BCUT2D eigenvalue weighted by Crippen LogP contribution is 2.35. The zero-order valence-electron chi connectivity index (χ0n) is 11.4. The number of fused-ring (bicyclic) bond motifs is 2. The fraction of sp³-hybridized carbons (Fsp3) is 0.222. The van der Waals surface area contributed by atoms with E-state index >= 15 is 0 Å². The molecule has 19 heavy (non-hydrogen) atoms. The van der Waals surface area contributed by atoms with Crippen molar-refractivity contribution in [2.45, 2.75) is 26.2 Å². The van der Waals surface area contributed by atoms with Gasteiger partial charge in [0.25, 0.3) is 0 Å². The van der Waals surface area contributed by atoms with Crippen molar-refractivity contribution in [2.75, 3.05) is 0 Å². The lowest BCUT2D eigenvalue weighted by atomic mass is 9.94. The predicted molar refractivity (Wildman–Crippen MR) is 81.8 cm³/mol. The largest absolute Gasteiger partial charge is 0.507 e. The van der Waals surface area contributed by atoms with Crippen molar-refractivity contribution in [3.05, 3.63) is 54.1 Å². The van der Waals surface area contributed by atoms with Gasteiger partial charge in [0.15, 0.2) is 0 Å². The summed E-state index contributed by atoms with van der Waals surface area (Å²) in [7, 11) is 0. The van der Waals surface area contributed by atoms with Crippen LogP contribution in [0.4, 0.5) is 0 Å². The van der Waals surface area contributed by atoms with Crippen molar-refractivity contribution in [1.29, 1.82) is 0 Å². The van der Waals surface area contributed by atoms with Crippen LogP contribution in [-0.4, -0.2) is 5.11 Å². The average Bonchev–Trinajstić information content (AvgIpc) is 2.46. The van der Waals surface area contributed by atoms with E-state index < -0.39 is 0 Å². The highest BCUT2D eigenvalue weighted by Gasteiger charge is 2.08. The van der Waals surface area contributed by atoms with E-state index in [2.05, 4.69) is 32.0 Å². The number of phenolic OH excluding ortho intramolecular Hbond substituents is 1. The Morgan fingerprint density at radius 1 is 0.947 bits per heavy atom. The van der Waals surface area contributed by atoms with E-state index in [1.54, 1.807) is 0 Å². The summed E-state index contributed by atoms with van der Waals surface area (Å²) in [5, 5.41) is 14.5. The molecule has 0 saturated heterocycles. The molecule has 1 heteroatoms. The van der Waals surface area contributed by atoms with Gasteiger partial charge < -0.3 is 5.11 Å². The molecule has 0 aromatic heterocycles. The Morgan fingerprint density at radius 3 is 2.47 bits per heavy atom. The minimum Gasteiger partial charge on any atom is -0.507 e. The number of aromatic hydroxyl groups is 1. The van der Waals surface area contributed by atoms with Crippen molar-refractivity contribution < 1.29 is 5.11 Å². The van der Waals surface area contributed by atoms with Gasteiger partial charge in [-0.1, -0.05) is 56.3 Å².